The second-order valence-corrected chi connectivity index (χ2v) is 8.15. The van der Waals surface area contributed by atoms with Gasteiger partial charge in [0.25, 0.3) is 0 Å². The average Bonchev–Trinajstić information content (AvgIpc) is 2.57. The molecule has 0 radical (unpaired) electrons. The van der Waals surface area contributed by atoms with Gasteiger partial charge in [-0.3, -0.25) is 0 Å². The highest BCUT2D eigenvalue weighted by Gasteiger charge is 2.14. The molecule has 10 nitrogen and oxygen atoms in total. The molecule has 1 heterocycles. The van der Waals surface area contributed by atoms with Crippen LogP contribution in [0.5, 0.6) is 0 Å². The van der Waals surface area contributed by atoms with Crippen molar-refractivity contribution in [3.63, 3.8) is 0 Å². The zero-order chi connectivity index (χ0) is 19.3. The average molecular weight is 445 g/mol. The fourth-order valence-corrected chi connectivity index (χ4v) is 3.16. The van der Waals surface area contributed by atoms with Gasteiger partial charge < -0.3 is 15.7 Å². The van der Waals surface area contributed by atoms with Crippen molar-refractivity contribution in [1.82, 2.24) is 14.8 Å². The van der Waals surface area contributed by atoms with Crippen molar-refractivity contribution in [3.8, 4) is 0 Å². The standard InChI is InChI=1S/C14H17BrN6O4S/c1-9(8-22)17-13-12(15)7-16-14(19-13)18-10-4-3-5-11(6-10)26(2,25)20-21(23)24/h3-7,9,22H,2,8H2,1H3,(H,20,25)(H2,16,17,18,19)/t9-,26?/m1/s1. The van der Waals surface area contributed by atoms with E-state index < -0.39 is 14.7 Å². The quantitative estimate of drug-likeness (QED) is 0.272. The van der Waals surface area contributed by atoms with Crippen LogP contribution >= 0.6 is 15.9 Å². The third-order valence-corrected chi connectivity index (χ3v) is 5.13. The first-order valence-electron chi connectivity index (χ1n) is 7.27. The van der Waals surface area contributed by atoms with Gasteiger partial charge in [0.1, 0.15) is 15.5 Å². The summed E-state index contributed by atoms with van der Waals surface area (Å²) in [6.07, 6.45) is 1.53. The van der Waals surface area contributed by atoms with Crippen LogP contribution in [0.3, 0.4) is 0 Å². The highest BCUT2D eigenvalue weighted by molar-refractivity contribution is 9.10. The predicted molar refractivity (Wildman–Crippen MR) is 103 cm³/mol. The summed E-state index contributed by atoms with van der Waals surface area (Å²) in [6, 6.07) is 5.97. The predicted octanol–water partition coefficient (Wildman–Crippen LogP) is 1.55. The molecule has 2 rings (SSSR count). The smallest absolute Gasteiger partial charge is 0.229 e. The SMILES string of the molecule is C=S(=O)(N[N+](=O)[O-])c1cccc(Nc2ncc(Br)c(N[C@H](C)CO)n2)c1. The second kappa shape index (κ2) is 8.29. The van der Waals surface area contributed by atoms with Gasteiger partial charge in [-0.1, -0.05) is 10.9 Å². The molecule has 1 aromatic carbocycles. The Kier molecular flexibility index (Phi) is 6.34. The number of benzene rings is 1. The maximum Gasteiger partial charge on any atom is 0.229 e. The minimum absolute atomic E-state index is 0.0669. The summed E-state index contributed by atoms with van der Waals surface area (Å²) in [5.41, 5.74) is 0.479. The second-order valence-electron chi connectivity index (χ2n) is 5.29. The molecule has 0 saturated heterocycles. The lowest BCUT2D eigenvalue weighted by atomic mass is 10.3. The Bertz CT molecular complexity index is 908. The van der Waals surface area contributed by atoms with Crippen molar-refractivity contribution in [3.05, 3.63) is 45.0 Å². The molecule has 0 amide bonds. The number of nitrogens with zero attached hydrogens (tertiary/aromatic N) is 3. The van der Waals surface area contributed by atoms with Gasteiger partial charge in [-0.25, -0.2) is 19.3 Å². The van der Waals surface area contributed by atoms with Crippen LogP contribution in [0.2, 0.25) is 0 Å². The van der Waals surface area contributed by atoms with E-state index in [1.54, 1.807) is 23.9 Å². The Hall–Kier alpha value is -2.44. The molecule has 26 heavy (non-hydrogen) atoms. The zero-order valence-corrected chi connectivity index (χ0v) is 16.1. The van der Waals surface area contributed by atoms with Crippen molar-refractivity contribution in [2.24, 2.45) is 0 Å². The van der Waals surface area contributed by atoms with E-state index in [4.69, 9.17) is 5.11 Å². The molecule has 2 atom stereocenters. The minimum atomic E-state index is -3.29. The van der Waals surface area contributed by atoms with Crippen molar-refractivity contribution in [2.45, 2.75) is 17.9 Å². The molecule has 4 N–H and O–H groups in total. The highest BCUT2D eigenvalue weighted by atomic mass is 79.9. The summed E-state index contributed by atoms with van der Waals surface area (Å²) in [5.74, 6) is 4.10. The summed E-state index contributed by atoms with van der Waals surface area (Å²) < 4.78 is 12.9. The van der Waals surface area contributed by atoms with E-state index in [-0.39, 0.29) is 23.5 Å². The van der Waals surface area contributed by atoms with Crippen LogP contribution < -0.4 is 15.5 Å². The lowest BCUT2D eigenvalue weighted by Gasteiger charge is -2.14. The summed E-state index contributed by atoms with van der Waals surface area (Å²) in [6.45, 7) is 1.72. The van der Waals surface area contributed by atoms with Crippen LogP contribution in [0, 0.1) is 10.1 Å². The van der Waals surface area contributed by atoms with E-state index in [0.29, 0.717) is 16.0 Å². The first-order chi connectivity index (χ1) is 12.2. The van der Waals surface area contributed by atoms with Gasteiger partial charge in [0.15, 0.2) is 5.03 Å². The van der Waals surface area contributed by atoms with Gasteiger partial charge in [0.05, 0.1) is 16.0 Å². The molecule has 0 aliphatic rings. The lowest BCUT2D eigenvalue weighted by Crippen LogP contribution is -2.29. The van der Waals surface area contributed by atoms with Gasteiger partial charge in [-0.05, 0) is 46.9 Å². The molecular weight excluding hydrogens is 428 g/mol. The van der Waals surface area contributed by atoms with Gasteiger partial charge in [-0.15, -0.1) is 0 Å². The van der Waals surface area contributed by atoms with Crippen molar-refractivity contribution >= 4 is 49.0 Å². The maximum absolute atomic E-state index is 12.3. The summed E-state index contributed by atoms with van der Waals surface area (Å²) >= 11 is 3.32. The number of halogens is 1. The lowest BCUT2D eigenvalue weighted by molar-refractivity contribution is -0.518. The minimum Gasteiger partial charge on any atom is -0.394 e. The number of hydrogen-bond donors (Lipinski definition) is 4. The Labute approximate surface area is 158 Å². The normalized spacial score (nSPS) is 14.1. The fourth-order valence-electron chi connectivity index (χ4n) is 1.89. The van der Waals surface area contributed by atoms with Crippen LogP contribution in [0.15, 0.2) is 39.8 Å². The number of aromatic nitrogens is 2. The molecule has 0 fully saturated rings. The fraction of sp³-hybridized carbons (Fsp3) is 0.214. The number of aliphatic hydroxyl groups is 1. The summed E-state index contributed by atoms with van der Waals surface area (Å²) in [5, 5.41) is 24.7. The van der Waals surface area contributed by atoms with Crippen LogP contribution in [-0.4, -0.2) is 42.8 Å². The molecule has 12 heteroatoms. The first kappa shape index (κ1) is 19.9. The van der Waals surface area contributed by atoms with Crippen molar-refractivity contribution < 1.29 is 14.3 Å². The van der Waals surface area contributed by atoms with Gasteiger partial charge in [-0.2, -0.15) is 4.98 Å². The Morgan fingerprint density at radius 2 is 2.23 bits per heavy atom. The van der Waals surface area contributed by atoms with E-state index in [1.165, 1.54) is 18.3 Å². The molecule has 0 saturated carbocycles. The summed E-state index contributed by atoms with van der Waals surface area (Å²) in [4.78, 5) is 20.8. The number of hydrogen-bond acceptors (Lipinski definition) is 8. The summed E-state index contributed by atoms with van der Waals surface area (Å²) in [7, 11) is -3.29. The molecule has 2 aromatic rings. The topological polar surface area (TPSA) is 142 Å². The van der Waals surface area contributed by atoms with Crippen LogP contribution in [0.25, 0.3) is 0 Å². The third-order valence-electron chi connectivity index (χ3n) is 3.09. The van der Waals surface area contributed by atoms with Crippen LogP contribution in [-0.2, 0) is 9.71 Å². The van der Waals surface area contributed by atoms with Crippen molar-refractivity contribution in [1.29, 1.82) is 0 Å². The van der Waals surface area contributed by atoms with Crippen LogP contribution in [0.1, 0.15) is 6.92 Å². The molecule has 0 bridgehead atoms. The van der Waals surface area contributed by atoms with Crippen LogP contribution in [0.4, 0.5) is 17.5 Å². The van der Waals surface area contributed by atoms with E-state index in [2.05, 4.69) is 42.4 Å². The molecule has 140 valence electrons. The monoisotopic (exact) mass is 444 g/mol. The van der Waals surface area contributed by atoms with Gasteiger partial charge in [0, 0.05) is 17.9 Å². The Morgan fingerprint density at radius 1 is 1.50 bits per heavy atom. The highest BCUT2D eigenvalue weighted by Crippen LogP contribution is 2.23. The number of aliphatic hydroxyl groups excluding tert-OH is 1. The largest absolute Gasteiger partial charge is 0.394 e. The third kappa shape index (κ3) is 5.28. The molecule has 0 aliphatic heterocycles. The van der Waals surface area contributed by atoms with E-state index in [1.807, 2.05) is 0 Å². The molecule has 1 aromatic heterocycles. The Morgan fingerprint density at radius 3 is 2.88 bits per heavy atom. The zero-order valence-electron chi connectivity index (χ0n) is 13.7. The van der Waals surface area contributed by atoms with E-state index in [9.17, 15) is 14.3 Å². The first-order valence-corrected chi connectivity index (χ1v) is 9.79. The molecule has 0 aliphatic carbocycles. The number of nitrogens with one attached hydrogen (secondary N) is 3. The van der Waals surface area contributed by atoms with Gasteiger partial charge >= 0.3 is 0 Å². The van der Waals surface area contributed by atoms with E-state index >= 15 is 0 Å². The molecule has 1 unspecified atom stereocenters. The van der Waals surface area contributed by atoms with Crippen molar-refractivity contribution in [2.75, 3.05) is 17.2 Å². The molecule has 0 spiro atoms. The number of anilines is 3. The number of nitro groups is 1. The molecular formula is C14H17BrN6O4S. The van der Waals surface area contributed by atoms with Gasteiger partial charge in [0.2, 0.25) is 5.95 Å². The Balaban J connectivity index is 2.25. The van der Waals surface area contributed by atoms with E-state index in [0.717, 1.165) is 0 Å². The number of hydrazine groups is 1. The maximum atomic E-state index is 12.3. The number of rotatable bonds is 8.